The van der Waals surface area contributed by atoms with Crippen molar-refractivity contribution in [3.05, 3.63) is 58.4 Å². The van der Waals surface area contributed by atoms with Gasteiger partial charge in [0.2, 0.25) is 5.82 Å². The fourth-order valence-corrected chi connectivity index (χ4v) is 2.28. The van der Waals surface area contributed by atoms with Crippen molar-refractivity contribution < 1.29 is 19.2 Å². The zero-order valence-electron chi connectivity index (χ0n) is 13.5. The number of aromatic nitrogens is 2. The van der Waals surface area contributed by atoms with Gasteiger partial charge >= 0.3 is 11.8 Å². The number of nitrogens with zero attached hydrogens (tertiary/aromatic N) is 3. The molecular formula is C17H13BrN4O4. The van der Waals surface area contributed by atoms with Gasteiger partial charge in [0.1, 0.15) is 0 Å². The number of methoxy groups -OCH3 is 1. The molecule has 0 fully saturated rings. The van der Waals surface area contributed by atoms with E-state index in [2.05, 4.69) is 36.6 Å². The van der Waals surface area contributed by atoms with E-state index in [9.17, 15) is 9.90 Å². The van der Waals surface area contributed by atoms with Crippen molar-refractivity contribution in [2.45, 2.75) is 0 Å². The number of hydrazone groups is 1. The molecular weight excluding hydrogens is 404 g/mol. The number of hydrogen-bond donors (Lipinski definition) is 2. The van der Waals surface area contributed by atoms with Crippen LogP contribution in [0.3, 0.4) is 0 Å². The number of phenolic OH excluding ortho intramolecular Hbond substituents is 1. The van der Waals surface area contributed by atoms with Gasteiger partial charge in [-0.15, -0.1) is 0 Å². The molecule has 0 unspecified atom stereocenters. The van der Waals surface area contributed by atoms with Crippen molar-refractivity contribution in [3.63, 3.8) is 0 Å². The summed E-state index contributed by atoms with van der Waals surface area (Å²) in [5.41, 5.74) is 3.64. The number of aromatic hydroxyl groups is 1. The first-order chi connectivity index (χ1) is 12.6. The van der Waals surface area contributed by atoms with E-state index in [0.717, 1.165) is 10.0 Å². The van der Waals surface area contributed by atoms with Crippen LogP contribution in [0.15, 0.2) is 56.6 Å². The molecule has 26 heavy (non-hydrogen) atoms. The molecule has 1 aromatic heterocycles. The summed E-state index contributed by atoms with van der Waals surface area (Å²) in [5.74, 6) is -0.225. The van der Waals surface area contributed by atoms with Crippen LogP contribution < -0.4 is 10.2 Å². The summed E-state index contributed by atoms with van der Waals surface area (Å²) in [6, 6.07) is 11.9. The Morgan fingerprint density at radius 3 is 2.81 bits per heavy atom. The number of halogens is 1. The lowest BCUT2D eigenvalue weighted by molar-refractivity contribution is 0.0911. The van der Waals surface area contributed by atoms with Gasteiger partial charge < -0.3 is 14.4 Å². The molecule has 2 N–H and O–H groups in total. The van der Waals surface area contributed by atoms with Crippen LogP contribution >= 0.6 is 15.9 Å². The number of amides is 1. The monoisotopic (exact) mass is 416 g/mol. The van der Waals surface area contributed by atoms with Crippen LogP contribution in [0.4, 0.5) is 0 Å². The Bertz CT molecular complexity index is 954. The number of carbonyl (C=O) groups excluding carboxylic acids is 1. The van der Waals surface area contributed by atoms with E-state index in [1.807, 2.05) is 12.1 Å². The van der Waals surface area contributed by atoms with Crippen LogP contribution in [0.1, 0.15) is 16.2 Å². The number of ether oxygens (including phenoxy) is 1. The second kappa shape index (κ2) is 7.79. The van der Waals surface area contributed by atoms with Crippen LogP contribution in [0, 0.1) is 0 Å². The average molecular weight is 417 g/mol. The average Bonchev–Trinajstić information content (AvgIpc) is 3.14. The van der Waals surface area contributed by atoms with E-state index in [4.69, 9.17) is 9.26 Å². The summed E-state index contributed by atoms with van der Waals surface area (Å²) >= 11 is 3.34. The highest BCUT2D eigenvalue weighted by atomic mass is 79.9. The van der Waals surface area contributed by atoms with E-state index in [0.29, 0.717) is 17.1 Å². The molecule has 0 spiro atoms. The maximum Gasteiger partial charge on any atom is 0.329 e. The van der Waals surface area contributed by atoms with Crippen LogP contribution in [0.2, 0.25) is 0 Å². The normalized spacial score (nSPS) is 10.8. The van der Waals surface area contributed by atoms with Crippen molar-refractivity contribution in [3.8, 4) is 22.9 Å². The quantitative estimate of drug-likeness (QED) is 0.488. The first kappa shape index (κ1) is 17.6. The lowest BCUT2D eigenvalue weighted by Gasteiger charge is -2.03. The molecule has 3 rings (SSSR count). The molecule has 0 saturated carbocycles. The van der Waals surface area contributed by atoms with Crippen LogP contribution in [0.5, 0.6) is 11.5 Å². The third-order valence-electron chi connectivity index (χ3n) is 3.31. The minimum atomic E-state index is -0.636. The largest absolute Gasteiger partial charge is 0.504 e. The molecule has 0 atom stereocenters. The Kier molecular flexibility index (Phi) is 5.28. The van der Waals surface area contributed by atoms with Gasteiger partial charge in [-0.25, -0.2) is 5.43 Å². The predicted molar refractivity (Wildman–Crippen MR) is 97.2 cm³/mol. The van der Waals surface area contributed by atoms with Crippen molar-refractivity contribution in [1.82, 2.24) is 15.6 Å². The summed E-state index contributed by atoms with van der Waals surface area (Å²) in [4.78, 5) is 16.1. The molecule has 0 bridgehead atoms. The highest BCUT2D eigenvalue weighted by Gasteiger charge is 2.15. The predicted octanol–water partition coefficient (Wildman–Crippen LogP) is 2.98. The number of nitrogens with one attached hydrogen (secondary N) is 1. The second-order valence-corrected chi connectivity index (χ2v) is 5.98. The minimum absolute atomic E-state index is 0.0139. The van der Waals surface area contributed by atoms with E-state index < -0.39 is 5.91 Å². The van der Waals surface area contributed by atoms with E-state index >= 15 is 0 Å². The van der Waals surface area contributed by atoms with Gasteiger partial charge in [-0.05, 0) is 48.0 Å². The number of rotatable bonds is 5. The molecule has 0 aliphatic rings. The summed E-state index contributed by atoms with van der Waals surface area (Å²) in [6.45, 7) is 0. The second-order valence-electron chi connectivity index (χ2n) is 5.06. The molecule has 0 radical (unpaired) electrons. The van der Waals surface area contributed by atoms with Crippen LogP contribution in [-0.2, 0) is 0 Å². The first-order valence-electron chi connectivity index (χ1n) is 7.37. The molecule has 2 aromatic carbocycles. The minimum Gasteiger partial charge on any atom is -0.504 e. The zero-order valence-corrected chi connectivity index (χ0v) is 15.1. The fourth-order valence-electron chi connectivity index (χ4n) is 2.02. The van der Waals surface area contributed by atoms with E-state index in [1.165, 1.54) is 19.4 Å². The lowest BCUT2D eigenvalue weighted by Crippen LogP contribution is -2.18. The summed E-state index contributed by atoms with van der Waals surface area (Å²) in [5, 5.41) is 17.1. The third kappa shape index (κ3) is 4.06. The summed E-state index contributed by atoms with van der Waals surface area (Å²) < 4.78 is 10.9. The molecule has 0 saturated heterocycles. The molecule has 1 amide bonds. The van der Waals surface area contributed by atoms with Gasteiger partial charge in [0.05, 0.1) is 13.3 Å². The number of phenols is 1. The number of carbonyl (C=O) groups is 1. The maximum absolute atomic E-state index is 12.0. The molecule has 9 heteroatoms. The Balaban J connectivity index is 1.66. The Morgan fingerprint density at radius 2 is 2.08 bits per heavy atom. The molecule has 8 nitrogen and oxygen atoms in total. The zero-order chi connectivity index (χ0) is 18.5. The molecule has 1 heterocycles. The van der Waals surface area contributed by atoms with Crippen molar-refractivity contribution in [2.75, 3.05) is 7.11 Å². The van der Waals surface area contributed by atoms with Gasteiger partial charge in [-0.1, -0.05) is 21.1 Å². The third-order valence-corrected chi connectivity index (χ3v) is 3.83. The lowest BCUT2D eigenvalue weighted by atomic mass is 10.2. The number of hydrogen-bond acceptors (Lipinski definition) is 7. The molecule has 0 aliphatic heterocycles. The van der Waals surface area contributed by atoms with Crippen molar-refractivity contribution >= 4 is 28.1 Å². The van der Waals surface area contributed by atoms with E-state index in [1.54, 1.807) is 24.3 Å². The standard InChI is InChI=1S/C17H13BrN4O4/c1-25-14-8-10(2-7-13(14)23)9-19-21-16(24)17-20-15(22-26-17)11-3-5-12(18)6-4-11/h2-9,23H,1H3,(H,21,24)/b19-9+. The number of benzene rings is 2. The topological polar surface area (TPSA) is 110 Å². The van der Waals surface area contributed by atoms with Crippen LogP contribution in [-0.4, -0.2) is 34.5 Å². The SMILES string of the molecule is COc1cc(/C=N/NC(=O)c2nc(-c3ccc(Br)cc3)no2)ccc1O. The molecule has 132 valence electrons. The smallest absolute Gasteiger partial charge is 0.329 e. The summed E-state index contributed by atoms with van der Waals surface area (Å²) in [6.07, 6.45) is 1.39. The van der Waals surface area contributed by atoms with Gasteiger partial charge in [-0.3, -0.25) is 4.79 Å². The molecule has 0 aliphatic carbocycles. The Hall–Kier alpha value is -3.20. The van der Waals surface area contributed by atoms with E-state index in [-0.39, 0.29) is 11.6 Å². The highest BCUT2D eigenvalue weighted by Crippen LogP contribution is 2.25. The van der Waals surface area contributed by atoms with Crippen molar-refractivity contribution in [1.29, 1.82) is 0 Å². The fraction of sp³-hybridized carbons (Fsp3) is 0.0588. The van der Waals surface area contributed by atoms with Crippen LogP contribution in [0.25, 0.3) is 11.4 Å². The van der Waals surface area contributed by atoms with Crippen molar-refractivity contribution in [2.24, 2.45) is 5.10 Å². The van der Waals surface area contributed by atoms with Gasteiger partial charge in [0.25, 0.3) is 0 Å². The maximum atomic E-state index is 12.0. The first-order valence-corrected chi connectivity index (χ1v) is 8.16. The van der Waals surface area contributed by atoms with Gasteiger partial charge in [0, 0.05) is 10.0 Å². The Morgan fingerprint density at radius 1 is 1.31 bits per heavy atom. The Labute approximate surface area is 156 Å². The van der Waals surface area contributed by atoms with Gasteiger partial charge in [0.15, 0.2) is 11.5 Å². The molecule has 3 aromatic rings. The van der Waals surface area contributed by atoms with Gasteiger partial charge in [-0.2, -0.15) is 10.1 Å². The summed E-state index contributed by atoms with van der Waals surface area (Å²) in [7, 11) is 1.44. The highest BCUT2D eigenvalue weighted by molar-refractivity contribution is 9.10.